The second-order valence-corrected chi connectivity index (χ2v) is 6.73. The van der Waals surface area contributed by atoms with Crippen molar-refractivity contribution in [3.05, 3.63) is 47.1 Å². The number of ketones is 1. The summed E-state index contributed by atoms with van der Waals surface area (Å²) in [6.45, 7) is 1.33. The molecule has 3 rings (SSSR count). The zero-order chi connectivity index (χ0) is 17.6. The molecule has 0 radical (unpaired) electrons. The molecule has 1 aliphatic carbocycles. The molecule has 1 fully saturated rings. The molecule has 2 aromatic heterocycles. The molecule has 7 heteroatoms. The number of rotatable bonds is 6. The molecule has 0 N–H and O–H groups in total. The zero-order valence-electron chi connectivity index (χ0n) is 13.9. The average Bonchev–Trinajstić information content (AvgIpc) is 3.22. The van der Waals surface area contributed by atoms with Crippen molar-refractivity contribution < 1.29 is 4.79 Å². The van der Waals surface area contributed by atoms with Crippen molar-refractivity contribution in [3.63, 3.8) is 0 Å². The zero-order valence-corrected chi connectivity index (χ0v) is 15.4. The first-order chi connectivity index (χ1) is 12.2. The van der Waals surface area contributed by atoms with Crippen LogP contribution in [0.4, 0.5) is 0 Å². The number of nitrogens with zero attached hydrogens (tertiary/aromatic N) is 4. The highest BCUT2D eigenvalue weighted by Gasteiger charge is 2.20. The van der Waals surface area contributed by atoms with Crippen LogP contribution in [0.3, 0.4) is 0 Å². The topological polar surface area (TPSA) is 52.7 Å². The highest BCUT2D eigenvalue weighted by Crippen LogP contribution is 2.27. The van der Waals surface area contributed by atoms with Gasteiger partial charge in [-0.15, -0.1) is 23.2 Å². The number of Topliss-reactive ketones (excluding diaryl/α,β-unsaturated/α-hetero) is 1. The van der Waals surface area contributed by atoms with Crippen LogP contribution in [0.2, 0.25) is 0 Å². The molecule has 0 bridgehead atoms. The molecule has 0 atom stereocenters. The van der Waals surface area contributed by atoms with E-state index in [0.29, 0.717) is 24.8 Å². The van der Waals surface area contributed by atoms with Gasteiger partial charge in [0.15, 0.2) is 5.78 Å². The van der Waals surface area contributed by atoms with Crippen LogP contribution < -0.4 is 0 Å². The lowest BCUT2D eigenvalue weighted by molar-refractivity contribution is -0.112. The van der Waals surface area contributed by atoms with Gasteiger partial charge >= 0.3 is 0 Å². The first-order valence-electron chi connectivity index (χ1n) is 8.32. The van der Waals surface area contributed by atoms with E-state index in [1.54, 1.807) is 21.8 Å². The number of carbonyl (C=O) groups is 1. The maximum absolute atomic E-state index is 12.8. The number of hydrogen-bond donors (Lipinski definition) is 0. The van der Waals surface area contributed by atoms with E-state index in [1.807, 2.05) is 24.5 Å². The van der Waals surface area contributed by atoms with Crippen molar-refractivity contribution in [1.29, 1.82) is 0 Å². The minimum absolute atomic E-state index is 0.112. The van der Waals surface area contributed by atoms with Gasteiger partial charge in [0, 0.05) is 46.4 Å². The summed E-state index contributed by atoms with van der Waals surface area (Å²) in [5.74, 6) is 1.14. The van der Waals surface area contributed by atoms with Crippen LogP contribution in [0.25, 0.3) is 12.2 Å². The Hall–Kier alpha value is -1.85. The smallest absolute Gasteiger partial charge is 0.185 e. The van der Waals surface area contributed by atoms with E-state index < -0.39 is 0 Å². The molecule has 0 aromatic carbocycles. The third-order valence-corrected chi connectivity index (χ3v) is 4.43. The molecule has 132 valence electrons. The molecule has 0 aliphatic heterocycles. The second kappa shape index (κ2) is 8.50. The molecule has 0 amide bonds. The first-order valence-corrected chi connectivity index (χ1v) is 9.39. The molecule has 0 saturated heterocycles. The highest BCUT2D eigenvalue weighted by molar-refractivity contribution is 6.18. The van der Waals surface area contributed by atoms with Crippen LogP contribution in [-0.2, 0) is 17.9 Å². The molecule has 2 heterocycles. The number of carbonyl (C=O) groups excluding carboxylic acids is 1. The molecule has 1 aliphatic rings. The van der Waals surface area contributed by atoms with E-state index >= 15 is 0 Å². The number of aryl methyl sites for hydroxylation is 2. The lowest BCUT2D eigenvalue weighted by Crippen LogP contribution is -2.12. The molecule has 1 saturated carbocycles. The van der Waals surface area contributed by atoms with Gasteiger partial charge in [0.05, 0.1) is 25.5 Å². The van der Waals surface area contributed by atoms with Crippen molar-refractivity contribution >= 4 is 41.1 Å². The van der Waals surface area contributed by atoms with E-state index in [1.165, 1.54) is 0 Å². The van der Waals surface area contributed by atoms with Gasteiger partial charge < -0.3 is 0 Å². The number of alkyl halides is 2. The summed E-state index contributed by atoms with van der Waals surface area (Å²) in [6, 6.07) is 0. The van der Waals surface area contributed by atoms with Crippen molar-refractivity contribution in [3.8, 4) is 0 Å². The Morgan fingerprint density at radius 3 is 1.84 bits per heavy atom. The summed E-state index contributed by atoms with van der Waals surface area (Å²) in [5, 5.41) is 8.49. The summed E-state index contributed by atoms with van der Waals surface area (Å²) < 4.78 is 3.57. The summed E-state index contributed by atoms with van der Waals surface area (Å²) in [7, 11) is 0. The maximum Gasteiger partial charge on any atom is 0.185 e. The largest absolute Gasteiger partial charge is 0.289 e. The van der Waals surface area contributed by atoms with Crippen molar-refractivity contribution in [1.82, 2.24) is 19.6 Å². The Labute approximate surface area is 156 Å². The normalized spacial score (nSPS) is 18.4. The third kappa shape index (κ3) is 4.61. The van der Waals surface area contributed by atoms with Crippen LogP contribution in [0.5, 0.6) is 0 Å². The van der Waals surface area contributed by atoms with E-state index in [4.69, 9.17) is 23.2 Å². The van der Waals surface area contributed by atoms with Gasteiger partial charge in [0.1, 0.15) is 0 Å². The Morgan fingerprint density at radius 2 is 1.40 bits per heavy atom. The van der Waals surface area contributed by atoms with Crippen LogP contribution in [0.1, 0.15) is 30.4 Å². The number of hydrogen-bond acceptors (Lipinski definition) is 3. The van der Waals surface area contributed by atoms with Crippen molar-refractivity contribution in [2.45, 2.75) is 32.4 Å². The molecular weight excluding hydrogens is 359 g/mol. The van der Waals surface area contributed by atoms with Crippen LogP contribution in [-0.4, -0.2) is 37.1 Å². The van der Waals surface area contributed by atoms with E-state index in [9.17, 15) is 4.79 Å². The molecule has 0 unspecified atom stereocenters. The monoisotopic (exact) mass is 378 g/mol. The number of aromatic nitrogens is 4. The molecule has 2 aromatic rings. The van der Waals surface area contributed by atoms with Gasteiger partial charge in [-0.2, -0.15) is 10.2 Å². The second-order valence-electron chi connectivity index (χ2n) is 5.97. The quantitative estimate of drug-likeness (QED) is 0.567. The van der Waals surface area contributed by atoms with E-state index in [2.05, 4.69) is 10.2 Å². The lowest BCUT2D eigenvalue weighted by atomic mass is 9.87. The standard InChI is InChI=1S/C18H20Cl2N4O/c19-4-6-23-12-14(10-21-23)8-16-2-1-3-17(18(16)25)9-15-11-22-24(13-15)7-5-20/h8-13H,1-7H2/b16-8-,17-9+. The predicted octanol–water partition coefficient (Wildman–Crippen LogP) is 3.78. The highest BCUT2D eigenvalue weighted by atomic mass is 35.5. The van der Waals surface area contributed by atoms with Gasteiger partial charge in [0.25, 0.3) is 0 Å². The summed E-state index contributed by atoms with van der Waals surface area (Å²) in [5.41, 5.74) is 3.53. The third-order valence-electron chi connectivity index (χ3n) is 4.09. The van der Waals surface area contributed by atoms with Crippen molar-refractivity contribution in [2.24, 2.45) is 0 Å². The maximum atomic E-state index is 12.8. The van der Waals surface area contributed by atoms with E-state index in [-0.39, 0.29) is 5.78 Å². The first kappa shape index (κ1) is 18.0. The number of halogens is 2. The number of allylic oxidation sites excluding steroid dienone is 2. The SMILES string of the molecule is O=C1/C(=C\c2cnn(CCCl)c2)CCC/C1=C\c1cnn(CCCl)c1. The fourth-order valence-corrected chi connectivity index (χ4v) is 3.25. The van der Waals surface area contributed by atoms with Crippen LogP contribution in [0.15, 0.2) is 35.9 Å². The molecule has 5 nitrogen and oxygen atoms in total. The Balaban J connectivity index is 1.77. The Morgan fingerprint density at radius 1 is 0.920 bits per heavy atom. The van der Waals surface area contributed by atoms with Crippen molar-refractivity contribution in [2.75, 3.05) is 11.8 Å². The minimum Gasteiger partial charge on any atom is -0.289 e. The average molecular weight is 379 g/mol. The van der Waals surface area contributed by atoms with Gasteiger partial charge in [-0.25, -0.2) is 0 Å². The molecule has 0 spiro atoms. The fourth-order valence-electron chi connectivity index (χ4n) is 2.91. The molecular formula is C18H20Cl2N4O. The van der Waals surface area contributed by atoms with Gasteiger partial charge in [-0.05, 0) is 31.4 Å². The van der Waals surface area contributed by atoms with Gasteiger partial charge in [-0.1, -0.05) is 0 Å². The Bertz CT molecular complexity index is 739. The summed E-state index contributed by atoms with van der Waals surface area (Å²) in [6.07, 6.45) is 13.8. The molecule has 25 heavy (non-hydrogen) atoms. The lowest BCUT2D eigenvalue weighted by Gasteiger charge is -2.16. The van der Waals surface area contributed by atoms with Crippen LogP contribution >= 0.6 is 23.2 Å². The minimum atomic E-state index is 0.112. The Kier molecular flexibility index (Phi) is 6.10. The summed E-state index contributed by atoms with van der Waals surface area (Å²) >= 11 is 11.5. The van der Waals surface area contributed by atoms with Crippen LogP contribution in [0, 0.1) is 0 Å². The van der Waals surface area contributed by atoms with Gasteiger partial charge in [-0.3, -0.25) is 14.2 Å². The predicted molar refractivity (Wildman–Crippen MR) is 101 cm³/mol. The van der Waals surface area contributed by atoms with Gasteiger partial charge in [0.2, 0.25) is 0 Å². The summed E-state index contributed by atoms with van der Waals surface area (Å²) in [4.78, 5) is 12.8. The fraction of sp³-hybridized carbons (Fsp3) is 0.389. The van der Waals surface area contributed by atoms with E-state index in [0.717, 1.165) is 41.5 Å².